The van der Waals surface area contributed by atoms with E-state index in [0.29, 0.717) is 10.9 Å². The van der Waals surface area contributed by atoms with Crippen LogP contribution in [0, 0.1) is 11.8 Å². The molecule has 0 amide bonds. The van der Waals surface area contributed by atoms with Crippen LogP contribution in [0.1, 0.15) is 31.2 Å². The average molecular weight is 330 g/mol. The van der Waals surface area contributed by atoms with E-state index in [4.69, 9.17) is 27.9 Å². The van der Waals surface area contributed by atoms with Crippen molar-refractivity contribution in [1.82, 2.24) is 5.32 Å². The summed E-state index contributed by atoms with van der Waals surface area (Å²) in [7, 11) is 1.74. The molecule has 0 saturated heterocycles. The van der Waals surface area contributed by atoms with E-state index in [2.05, 4.69) is 11.4 Å². The molecule has 118 valence electrons. The van der Waals surface area contributed by atoms with Crippen molar-refractivity contribution in [1.29, 1.82) is 0 Å². The molecule has 0 aromatic heterocycles. The fourth-order valence-electron chi connectivity index (χ4n) is 3.27. The van der Waals surface area contributed by atoms with Gasteiger partial charge in [-0.2, -0.15) is 0 Å². The zero-order valence-corrected chi connectivity index (χ0v) is 14.2. The highest BCUT2D eigenvalue weighted by Crippen LogP contribution is 2.34. The van der Waals surface area contributed by atoms with Gasteiger partial charge in [0.1, 0.15) is 0 Å². The summed E-state index contributed by atoms with van der Waals surface area (Å²) in [6, 6.07) is 5.86. The molecule has 1 unspecified atom stereocenters. The van der Waals surface area contributed by atoms with Crippen molar-refractivity contribution in [2.24, 2.45) is 11.8 Å². The zero-order chi connectivity index (χ0) is 15.1. The molecule has 1 N–H and O–H groups in total. The Morgan fingerprint density at radius 1 is 1.29 bits per heavy atom. The first kappa shape index (κ1) is 17.1. The Balaban J connectivity index is 1.96. The normalized spacial score (nSPS) is 17.3. The van der Waals surface area contributed by atoms with Gasteiger partial charge in [0.25, 0.3) is 0 Å². The van der Waals surface area contributed by atoms with Crippen molar-refractivity contribution < 1.29 is 4.74 Å². The number of hydrogen-bond acceptors (Lipinski definition) is 2. The van der Waals surface area contributed by atoms with Gasteiger partial charge in [-0.3, -0.25) is 0 Å². The molecule has 0 aliphatic heterocycles. The largest absolute Gasteiger partial charge is 0.383 e. The molecule has 1 saturated carbocycles. The van der Waals surface area contributed by atoms with Crippen molar-refractivity contribution >= 4 is 23.2 Å². The molecule has 0 bridgehead atoms. The minimum absolute atomic E-state index is 0.642. The highest BCUT2D eigenvalue weighted by atomic mass is 35.5. The molecule has 4 heteroatoms. The van der Waals surface area contributed by atoms with Crippen molar-refractivity contribution in [3.63, 3.8) is 0 Å². The number of hydrogen-bond donors (Lipinski definition) is 1. The first-order valence-electron chi connectivity index (χ1n) is 7.84. The summed E-state index contributed by atoms with van der Waals surface area (Å²) in [6.07, 6.45) is 6.46. The van der Waals surface area contributed by atoms with E-state index in [0.717, 1.165) is 37.1 Å². The number of ether oxygens (including phenoxy) is 1. The summed E-state index contributed by atoms with van der Waals surface area (Å²) in [6.45, 7) is 2.71. The van der Waals surface area contributed by atoms with Gasteiger partial charge in [-0.25, -0.2) is 0 Å². The van der Waals surface area contributed by atoms with Gasteiger partial charge in [0, 0.05) is 23.7 Å². The van der Waals surface area contributed by atoms with Crippen LogP contribution >= 0.6 is 23.2 Å². The zero-order valence-electron chi connectivity index (χ0n) is 12.7. The SMILES string of the molecule is COCCNCC(Cc1ccc(Cl)cc1Cl)C1CCCC1. The lowest BCUT2D eigenvalue weighted by molar-refractivity contribution is 0.195. The number of nitrogens with one attached hydrogen (secondary N) is 1. The van der Waals surface area contributed by atoms with Crippen molar-refractivity contribution in [3.05, 3.63) is 33.8 Å². The van der Waals surface area contributed by atoms with Gasteiger partial charge < -0.3 is 10.1 Å². The molecule has 21 heavy (non-hydrogen) atoms. The van der Waals surface area contributed by atoms with Crippen molar-refractivity contribution in [3.8, 4) is 0 Å². The summed E-state index contributed by atoms with van der Waals surface area (Å²) in [5.74, 6) is 1.45. The summed E-state index contributed by atoms with van der Waals surface area (Å²) in [5.41, 5.74) is 1.21. The van der Waals surface area contributed by atoms with E-state index in [-0.39, 0.29) is 0 Å². The van der Waals surface area contributed by atoms with Gasteiger partial charge in [-0.15, -0.1) is 0 Å². The fourth-order valence-corrected chi connectivity index (χ4v) is 3.75. The molecule has 1 aromatic carbocycles. The van der Waals surface area contributed by atoms with Crippen molar-refractivity contribution in [2.45, 2.75) is 32.1 Å². The van der Waals surface area contributed by atoms with Crippen LogP contribution in [0.2, 0.25) is 10.0 Å². The summed E-state index contributed by atoms with van der Waals surface area (Å²) in [4.78, 5) is 0. The van der Waals surface area contributed by atoms with E-state index >= 15 is 0 Å². The van der Waals surface area contributed by atoms with Crippen LogP contribution in [0.5, 0.6) is 0 Å². The van der Waals surface area contributed by atoms with Crippen LogP contribution in [-0.2, 0) is 11.2 Å². The predicted octanol–water partition coefficient (Wildman–Crippen LogP) is 4.58. The van der Waals surface area contributed by atoms with E-state index in [1.54, 1.807) is 7.11 Å². The molecule has 0 radical (unpaired) electrons. The van der Waals surface area contributed by atoms with Crippen LogP contribution in [0.3, 0.4) is 0 Å². The Bertz CT molecular complexity index is 433. The lowest BCUT2D eigenvalue weighted by Gasteiger charge is -2.24. The standard InChI is InChI=1S/C17H25Cl2NO/c1-21-9-8-20-12-15(13-4-2-3-5-13)10-14-6-7-16(18)11-17(14)19/h6-7,11,13,15,20H,2-5,8-10,12H2,1H3. The summed E-state index contributed by atoms with van der Waals surface area (Å²) in [5, 5.41) is 5.02. The molecule has 2 rings (SSSR count). The molecule has 1 fully saturated rings. The first-order valence-corrected chi connectivity index (χ1v) is 8.60. The van der Waals surface area contributed by atoms with Crippen LogP contribution < -0.4 is 5.32 Å². The molecule has 0 spiro atoms. The van der Waals surface area contributed by atoms with Gasteiger partial charge in [-0.1, -0.05) is 55.0 Å². The average Bonchev–Trinajstić information content (AvgIpc) is 2.98. The van der Waals surface area contributed by atoms with Gasteiger partial charge >= 0.3 is 0 Å². The Hall–Kier alpha value is -0.280. The number of benzene rings is 1. The second-order valence-electron chi connectivity index (χ2n) is 5.94. The van der Waals surface area contributed by atoms with Crippen LogP contribution in [0.15, 0.2) is 18.2 Å². The summed E-state index contributed by atoms with van der Waals surface area (Å²) < 4.78 is 5.10. The third-order valence-corrected chi connectivity index (χ3v) is 5.04. The number of rotatable bonds is 8. The van der Waals surface area contributed by atoms with Gasteiger partial charge in [0.05, 0.1) is 6.61 Å². The topological polar surface area (TPSA) is 21.3 Å². The van der Waals surface area contributed by atoms with Crippen molar-refractivity contribution in [2.75, 3.05) is 26.8 Å². The maximum Gasteiger partial charge on any atom is 0.0587 e. The monoisotopic (exact) mass is 329 g/mol. The Morgan fingerprint density at radius 3 is 2.71 bits per heavy atom. The smallest absolute Gasteiger partial charge is 0.0587 e. The second kappa shape index (κ2) is 8.99. The Morgan fingerprint density at radius 2 is 2.05 bits per heavy atom. The molecule has 1 aliphatic rings. The lowest BCUT2D eigenvalue weighted by atomic mass is 9.85. The van der Waals surface area contributed by atoms with Crippen LogP contribution in [0.25, 0.3) is 0 Å². The van der Waals surface area contributed by atoms with Gasteiger partial charge in [0.15, 0.2) is 0 Å². The quantitative estimate of drug-likeness (QED) is 0.705. The lowest BCUT2D eigenvalue weighted by Crippen LogP contribution is -2.31. The maximum atomic E-state index is 6.34. The first-order chi connectivity index (χ1) is 10.2. The molecule has 1 atom stereocenters. The third-order valence-electron chi connectivity index (χ3n) is 4.45. The highest BCUT2D eigenvalue weighted by Gasteiger charge is 2.25. The van der Waals surface area contributed by atoms with E-state index < -0.39 is 0 Å². The predicted molar refractivity (Wildman–Crippen MR) is 90.4 cm³/mol. The summed E-state index contributed by atoms with van der Waals surface area (Å²) >= 11 is 12.3. The van der Waals surface area contributed by atoms with Crippen LogP contribution in [-0.4, -0.2) is 26.8 Å². The number of methoxy groups -OCH3 is 1. The third kappa shape index (κ3) is 5.45. The molecule has 1 aliphatic carbocycles. The van der Waals surface area contributed by atoms with Crippen LogP contribution in [0.4, 0.5) is 0 Å². The van der Waals surface area contributed by atoms with E-state index in [1.165, 1.54) is 31.2 Å². The van der Waals surface area contributed by atoms with Gasteiger partial charge in [0.2, 0.25) is 0 Å². The van der Waals surface area contributed by atoms with E-state index in [1.807, 2.05) is 12.1 Å². The Labute approximate surface area is 138 Å². The molecule has 0 heterocycles. The Kier molecular flexibility index (Phi) is 7.31. The maximum absolute atomic E-state index is 6.34. The minimum Gasteiger partial charge on any atom is -0.383 e. The van der Waals surface area contributed by atoms with E-state index in [9.17, 15) is 0 Å². The fraction of sp³-hybridized carbons (Fsp3) is 0.647. The number of halogens is 2. The molecule has 2 nitrogen and oxygen atoms in total. The molecule has 1 aromatic rings. The second-order valence-corrected chi connectivity index (χ2v) is 6.79. The highest BCUT2D eigenvalue weighted by molar-refractivity contribution is 6.35. The molecular weight excluding hydrogens is 305 g/mol. The molecular formula is C17H25Cl2NO. The van der Waals surface area contributed by atoms with Gasteiger partial charge in [-0.05, 0) is 42.5 Å². The minimum atomic E-state index is 0.642.